The smallest absolute Gasteiger partial charge is 0.202 e. The number of hydrogen-bond acceptors (Lipinski definition) is 4. The average Bonchev–Trinajstić information content (AvgIpc) is 2.41. The van der Waals surface area contributed by atoms with E-state index in [9.17, 15) is 43.2 Å². The van der Waals surface area contributed by atoms with E-state index in [0.717, 1.165) is 12.8 Å². The summed E-state index contributed by atoms with van der Waals surface area (Å²) in [6, 6.07) is 0. The second-order valence-electron chi connectivity index (χ2n) is 7.14. The Bertz CT molecular complexity index is 666. The lowest BCUT2D eigenvalue weighted by Gasteiger charge is -2.24. The van der Waals surface area contributed by atoms with Crippen LogP contribution in [0.2, 0.25) is 0 Å². The van der Waals surface area contributed by atoms with Crippen LogP contribution in [0.3, 0.4) is 0 Å². The highest BCUT2D eigenvalue weighted by Gasteiger charge is 2.54. The summed E-state index contributed by atoms with van der Waals surface area (Å²) in [5.74, 6) is 0. The summed E-state index contributed by atoms with van der Waals surface area (Å²) in [4.78, 5) is 0.475. The Labute approximate surface area is 155 Å². The third-order valence-electron chi connectivity index (χ3n) is 3.40. The largest absolute Gasteiger partial charge is 0.512 e. The van der Waals surface area contributed by atoms with Crippen molar-refractivity contribution in [1.29, 1.82) is 0 Å². The summed E-state index contributed by atoms with van der Waals surface area (Å²) < 4.78 is 119. The Morgan fingerprint density at radius 3 is 1.59 bits per heavy atom. The molecule has 0 amide bonds. The molecular formula is C13H24F6N2O4S2. The minimum atomic E-state index is -6.31. The fourth-order valence-corrected chi connectivity index (χ4v) is 3.74. The standard InChI is InChI=1S/C13H24F6N2O4S2/c1-11(2,3)9-7-5-4-6-8-10-21(27(24,25)13(17,18)19)20-26(22,23)12(14,15)16/h20H,4-10H2,1-3H3. The summed E-state index contributed by atoms with van der Waals surface area (Å²) in [5, 5.41) is 0. The molecule has 0 aromatic carbocycles. The van der Waals surface area contributed by atoms with Crippen molar-refractivity contribution < 1.29 is 43.2 Å². The quantitative estimate of drug-likeness (QED) is 0.311. The first kappa shape index (κ1) is 26.4. The molecule has 27 heavy (non-hydrogen) atoms. The highest BCUT2D eigenvalue weighted by atomic mass is 32.2. The molecule has 164 valence electrons. The summed E-state index contributed by atoms with van der Waals surface area (Å²) in [6.07, 6.45) is 2.92. The van der Waals surface area contributed by atoms with Crippen LogP contribution in [-0.4, -0.2) is 38.8 Å². The van der Waals surface area contributed by atoms with Gasteiger partial charge in [0, 0.05) is 6.54 Å². The molecule has 0 aromatic heterocycles. The highest BCUT2D eigenvalue weighted by molar-refractivity contribution is 7.93. The molecule has 0 radical (unpaired) electrons. The third kappa shape index (κ3) is 8.96. The first-order chi connectivity index (χ1) is 11.8. The van der Waals surface area contributed by atoms with Crippen molar-refractivity contribution in [3.05, 3.63) is 0 Å². The number of sulfonamides is 2. The van der Waals surface area contributed by atoms with Crippen molar-refractivity contribution in [3.63, 3.8) is 0 Å². The second-order valence-corrected chi connectivity index (χ2v) is 10.6. The van der Waals surface area contributed by atoms with Crippen molar-refractivity contribution >= 4 is 20.0 Å². The number of unbranched alkanes of at least 4 members (excludes halogenated alkanes) is 4. The molecule has 0 fully saturated rings. The van der Waals surface area contributed by atoms with Crippen LogP contribution in [-0.2, 0) is 20.0 Å². The predicted octanol–water partition coefficient (Wildman–Crippen LogP) is 3.88. The van der Waals surface area contributed by atoms with Crippen LogP contribution in [0.5, 0.6) is 0 Å². The van der Waals surface area contributed by atoms with E-state index in [2.05, 4.69) is 0 Å². The van der Waals surface area contributed by atoms with Gasteiger partial charge in [-0.05, 0) is 18.3 Å². The molecule has 6 nitrogen and oxygen atoms in total. The Kier molecular flexibility index (Phi) is 9.06. The third-order valence-corrected chi connectivity index (χ3v) is 6.02. The van der Waals surface area contributed by atoms with Gasteiger partial charge in [0.05, 0.1) is 0 Å². The molecular weight excluding hydrogens is 426 g/mol. The maximum atomic E-state index is 12.6. The number of nitrogens with one attached hydrogen (secondary N) is 1. The van der Waals surface area contributed by atoms with Gasteiger partial charge in [-0.1, -0.05) is 46.5 Å². The first-order valence-corrected chi connectivity index (χ1v) is 10.9. The normalized spacial score (nSPS) is 14.7. The first-order valence-electron chi connectivity index (χ1n) is 7.99. The number of hydrazine groups is 1. The molecule has 14 heteroatoms. The van der Waals surface area contributed by atoms with Crippen molar-refractivity contribution in [2.75, 3.05) is 6.54 Å². The van der Waals surface area contributed by atoms with Gasteiger partial charge in [0.25, 0.3) is 0 Å². The summed E-state index contributed by atoms with van der Waals surface area (Å²) in [7, 11) is -12.6. The lowest BCUT2D eigenvalue weighted by Crippen LogP contribution is -2.54. The van der Waals surface area contributed by atoms with Crippen LogP contribution in [0.4, 0.5) is 26.3 Å². The topological polar surface area (TPSA) is 83.6 Å². The Balaban J connectivity index is 4.92. The van der Waals surface area contributed by atoms with Crippen LogP contribution in [0, 0.1) is 5.41 Å². The maximum absolute atomic E-state index is 12.6. The monoisotopic (exact) mass is 450 g/mol. The summed E-state index contributed by atoms with van der Waals surface area (Å²) in [6.45, 7) is 5.01. The molecule has 0 unspecified atom stereocenters. The predicted molar refractivity (Wildman–Crippen MR) is 86.9 cm³/mol. The van der Waals surface area contributed by atoms with Gasteiger partial charge in [-0.15, -0.1) is 9.25 Å². The molecule has 0 heterocycles. The van der Waals surface area contributed by atoms with E-state index in [1.165, 1.54) is 0 Å². The number of rotatable bonds is 10. The molecule has 0 aliphatic heterocycles. The maximum Gasteiger partial charge on any atom is 0.512 e. The van der Waals surface area contributed by atoms with Crippen molar-refractivity contribution in [3.8, 4) is 0 Å². The second kappa shape index (κ2) is 9.27. The summed E-state index contributed by atoms with van der Waals surface area (Å²) >= 11 is 0. The van der Waals surface area contributed by atoms with Gasteiger partial charge in [0.1, 0.15) is 0 Å². The molecule has 0 spiro atoms. The lowest BCUT2D eigenvalue weighted by molar-refractivity contribution is -0.0532. The van der Waals surface area contributed by atoms with E-state index in [-0.39, 0.29) is 18.3 Å². The van der Waals surface area contributed by atoms with Gasteiger partial charge >= 0.3 is 31.1 Å². The minimum Gasteiger partial charge on any atom is -0.202 e. The Morgan fingerprint density at radius 2 is 1.19 bits per heavy atom. The van der Waals surface area contributed by atoms with E-state index < -0.39 is 42.0 Å². The Morgan fingerprint density at radius 1 is 0.741 bits per heavy atom. The van der Waals surface area contributed by atoms with Gasteiger partial charge in [0.15, 0.2) is 0 Å². The fourth-order valence-electron chi connectivity index (χ4n) is 1.97. The lowest BCUT2D eigenvalue weighted by atomic mass is 9.89. The van der Waals surface area contributed by atoms with Crippen LogP contribution in [0.25, 0.3) is 0 Å². The fraction of sp³-hybridized carbons (Fsp3) is 1.00. The average molecular weight is 450 g/mol. The van der Waals surface area contributed by atoms with Gasteiger partial charge in [-0.3, -0.25) is 0 Å². The Hall–Kier alpha value is -0.600. The van der Waals surface area contributed by atoms with E-state index in [1.54, 1.807) is 0 Å². The molecule has 0 aliphatic rings. The van der Waals surface area contributed by atoms with Crippen molar-refractivity contribution in [2.45, 2.75) is 70.3 Å². The molecule has 1 N–H and O–H groups in total. The molecule has 0 rings (SSSR count). The van der Waals surface area contributed by atoms with Crippen LogP contribution in [0.1, 0.15) is 59.3 Å². The zero-order chi connectivity index (χ0) is 21.7. The van der Waals surface area contributed by atoms with Gasteiger partial charge in [-0.2, -0.15) is 26.3 Å². The van der Waals surface area contributed by atoms with Crippen LogP contribution in [0.15, 0.2) is 0 Å². The zero-order valence-corrected chi connectivity index (χ0v) is 16.7. The number of alkyl halides is 6. The molecule has 0 saturated carbocycles. The van der Waals surface area contributed by atoms with Crippen molar-refractivity contribution in [1.82, 2.24) is 9.25 Å². The van der Waals surface area contributed by atoms with Gasteiger partial charge in [-0.25, -0.2) is 16.8 Å². The number of halogens is 6. The highest BCUT2D eigenvalue weighted by Crippen LogP contribution is 2.29. The van der Waals surface area contributed by atoms with E-state index in [1.807, 2.05) is 20.8 Å². The van der Waals surface area contributed by atoms with E-state index in [4.69, 9.17) is 0 Å². The summed E-state index contributed by atoms with van der Waals surface area (Å²) in [5.41, 5.74) is -11.8. The molecule has 0 bridgehead atoms. The zero-order valence-electron chi connectivity index (χ0n) is 15.1. The molecule has 0 aromatic rings. The van der Waals surface area contributed by atoms with Crippen molar-refractivity contribution in [2.24, 2.45) is 5.41 Å². The molecule has 0 atom stereocenters. The van der Waals surface area contributed by atoms with E-state index in [0.29, 0.717) is 17.7 Å². The number of hydrogen-bond donors (Lipinski definition) is 1. The van der Waals surface area contributed by atoms with Gasteiger partial charge < -0.3 is 0 Å². The van der Waals surface area contributed by atoms with E-state index >= 15 is 0 Å². The van der Waals surface area contributed by atoms with Gasteiger partial charge in [0.2, 0.25) is 0 Å². The number of nitrogens with zero attached hydrogens (tertiary/aromatic N) is 1. The van der Waals surface area contributed by atoms with Crippen LogP contribution >= 0.6 is 0 Å². The van der Waals surface area contributed by atoms with Crippen LogP contribution < -0.4 is 4.83 Å². The molecule has 0 aliphatic carbocycles. The molecule has 0 saturated heterocycles. The SMILES string of the molecule is CC(C)(C)CCCCCCCN(NS(=O)(=O)C(F)(F)F)S(=O)(=O)C(F)(F)F. The minimum absolute atomic E-state index is 0.105.